The molecular weight excluding hydrogens is 430 g/mol. The van der Waals surface area contributed by atoms with Crippen molar-refractivity contribution in [2.75, 3.05) is 6.61 Å². The predicted octanol–water partition coefficient (Wildman–Crippen LogP) is 4.23. The summed E-state index contributed by atoms with van der Waals surface area (Å²) in [6, 6.07) is 20.9. The molecule has 33 heavy (non-hydrogen) atoms. The van der Waals surface area contributed by atoms with E-state index in [4.69, 9.17) is 9.16 Å². The van der Waals surface area contributed by atoms with Crippen LogP contribution in [0.25, 0.3) is 0 Å². The third-order valence-electron chi connectivity index (χ3n) is 6.31. The van der Waals surface area contributed by atoms with E-state index in [1.54, 1.807) is 0 Å². The second-order valence-electron chi connectivity index (χ2n) is 11.1. The summed E-state index contributed by atoms with van der Waals surface area (Å²) in [5.74, 6) is -0.0495. The second kappa shape index (κ2) is 10.00. The number of hydrogen-bond donors (Lipinski definition) is 2. The summed E-state index contributed by atoms with van der Waals surface area (Å²) in [6.07, 6.45) is 0.212. The van der Waals surface area contributed by atoms with Crippen LogP contribution in [0.15, 0.2) is 60.7 Å². The van der Waals surface area contributed by atoms with E-state index in [0.717, 1.165) is 0 Å². The Labute approximate surface area is 199 Å². The number of aliphatic hydroxyl groups is 1. The van der Waals surface area contributed by atoms with Gasteiger partial charge in [0.2, 0.25) is 0 Å². The highest BCUT2D eigenvalue weighted by Gasteiger charge is 2.51. The molecule has 0 aromatic heterocycles. The lowest BCUT2D eigenvalue weighted by molar-refractivity contribution is 0.0502. The van der Waals surface area contributed by atoms with Gasteiger partial charge in [0.25, 0.3) is 8.32 Å². The van der Waals surface area contributed by atoms with Crippen molar-refractivity contribution in [3.63, 3.8) is 0 Å². The Hall–Kier alpha value is -2.15. The molecule has 3 rings (SSSR count). The van der Waals surface area contributed by atoms with Gasteiger partial charge in [-0.15, -0.1) is 0 Å². The van der Waals surface area contributed by atoms with E-state index < -0.39 is 26.1 Å². The molecule has 6 heteroatoms. The lowest BCUT2D eigenvalue weighted by atomic mass is 10.1. The number of amides is 1. The third kappa shape index (κ3) is 6.05. The Bertz CT molecular complexity index is 866. The molecule has 0 spiro atoms. The number of hydrogen-bond acceptors (Lipinski definition) is 4. The molecule has 0 unspecified atom stereocenters. The molecule has 1 saturated carbocycles. The average Bonchev–Trinajstić information content (AvgIpc) is 3.06. The highest BCUT2D eigenvalue weighted by Crippen LogP contribution is 2.38. The number of rotatable bonds is 6. The minimum absolute atomic E-state index is 0.0495. The van der Waals surface area contributed by atoms with Gasteiger partial charge in [-0.05, 0) is 49.0 Å². The Balaban J connectivity index is 1.81. The molecule has 3 atom stereocenters. The minimum Gasteiger partial charge on any atom is -0.444 e. The van der Waals surface area contributed by atoms with Crippen LogP contribution in [0.4, 0.5) is 4.79 Å². The van der Waals surface area contributed by atoms with Crippen LogP contribution in [0.3, 0.4) is 0 Å². The molecule has 1 fully saturated rings. The first kappa shape index (κ1) is 25.5. The Morgan fingerprint density at radius 3 is 1.91 bits per heavy atom. The number of carbonyl (C=O) groups excluding carboxylic acids is 1. The third-order valence-corrected chi connectivity index (χ3v) is 11.3. The minimum atomic E-state index is -2.66. The number of carbonyl (C=O) groups is 1. The van der Waals surface area contributed by atoms with Gasteiger partial charge in [-0.3, -0.25) is 0 Å². The second-order valence-corrected chi connectivity index (χ2v) is 15.4. The maximum absolute atomic E-state index is 12.2. The van der Waals surface area contributed by atoms with Crippen LogP contribution in [-0.4, -0.2) is 43.9 Å². The van der Waals surface area contributed by atoms with Gasteiger partial charge in [0.15, 0.2) is 0 Å². The molecule has 2 aromatic rings. The monoisotopic (exact) mass is 469 g/mol. The Morgan fingerprint density at radius 2 is 1.45 bits per heavy atom. The van der Waals surface area contributed by atoms with Crippen LogP contribution in [0, 0.1) is 5.92 Å². The summed E-state index contributed by atoms with van der Waals surface area (Å²) in [7, 11) is -2.66. The fraction of sp³-hybridized carbons (Fsp3) is 0.519. The topological polar surface area (TPSA) is 67.8 Å². The summed E-state index contributed by atoms with van der Waals surface area (Å²) in [6.45, 7) is 12.7. The molecule has 180 valence electrons. The zero-order valence-electron chi connectivity index (χ0n) is 20.8. The van der Waals surface area contributed by atoms with Gasteiger partial charge in [0, 0.05) is 18.6 Å². The van der Waals surface area contributed by atoms with Crippen molar-refractivity contribution < 1.29 is 19.1 Å². The number of alkyl carbamates (subject to hydrolysis) is 1. The summed E-state index contributed by atoms with van der Waals surface area (Å²) in [5.41, 5.74) is -0.549. The van der Waals surface area contributed by atoms with E-state index in [0.29, 0.717) is 19.4 Å². The van der Waals surface area contributed by atoms with Crippen molar-refractivity contribution >= 4 is 24.8 Å². The normalized spacial score (nSPS) is 21.6. The van der Waals surface area contributed by atoms with E-state index in [1.165, 1.54) is 10.4 Å². The van der Waals surface area contributed by atoms with E-state index in [9.17, 15) is 9.90 Å². The molecule has 2 aromatic carbocycles. The first-order valence-corrected chi connectivity index (χ1v) is 13.8. The Kier molecular flexibility index (Phi) is 7.71. The van der Waals surface area contributed by atoms with Gasteiger partial charge >= 0.3 is 6.09 Å². The van der Waals surface area contributed by atoms with Gasteiger partial charge in [-0.1, -0.05) is 81.4 Å². The zero-order valence-corrected chi connectivity index (χ0v) is 21.8. The van der Waals surface area contributed by atoms with Crippen molar-refractivity contribution in [1.29, 1.82) is 0 Å². The zero-order chi connectivity index (χ0) is 24.3. The number of aliphatic hydroxyl groups excluding tert-OH is 1. The molecule has 0 radical (unpaired) electrons. The van der Waals surface area contributed by atoms with Crippen molar-refractivity contribution in [3.05, 3.63) is 60.7 Å². The highest BCUT2D eigenvalue weighted by atomic mass is 28.4. The molecule has 0 aliphatic heterocycles. The van der Waals surface area contributed by atoms with Crippen LogP contribution in [-0.2, 0) is 9.16 Å². The number of benzene rings is 2. The summed E-state index contributed by atoms with van der Waals surface area (Å²) in [5, 5.41) is 16.0. The Morgan fingerprint density at radius 1 is 0.939 bits per heavy atom. The first-order valence-electron chi connectivity index (χ1n) is 11.8. The van der Waals surface area contributed by atoms with Crippen LogP contribution >= 0.6 is 0 Å². The largest absolute Gasteiger partial charge is 0.444 e. The van der Waals surface area contributed by atoms with Crippen LogP contribution < -0.4 is 15.7 Å². The van der Waals surface area contributed by atoms with Gasteiger partial charge in [0.1, 0.15) is 5.60 Å². The molecular formula is C27H39NO4Si. The van der Waals surface area contributed by atoms with Crippen LogP contribution in [0.1, 0.15) is 54.4 Å². The summed E-state index contributed by atoms with van der Waals surface area (Å²) in [4.78, 5) is 12.2. The van der Waals surface area contributed by atoms with Gasteiger partial charge < -0.3 is 19.6 Å². The van der Waals surface area contributed by atoms with Crippen LogP contribution in [0.2, 0.25) is 5.04 Å². The first-order chi connectivity index (χ1) is 15.4. The molecule has 0 heterocycles. The molecule has 0 bridgehead atoms. The molecule has 5 nitrogen and oxygen atoms in total. The summed E-state index contributed by atoms with van der Waals surface area (Å²) < 4.78 is 12.4. The fourth-order valence-corrected chi connectivity index (χ4v) is 9.49. The number of nitrogens with one attached hydrogen (secondary N) is 1. The predicted molar refractivity (Wildman–Crippen MR) is 135 cm³/mol. The molecule has 1 aliphatic rings. The van der Waals surface area contributed by atoms with E-state index >= 15 is 0 Å². The van der Waals surface area contributed by atoms with E-state index in [2.05, 4.69) is 74.6 Å². The average molecular weight is 470 g/mol. The smallest absolute Gasteiger partial charge is 0.407 e. The molecule has 2 N–H and O–H groups in total. The maximum Gasteiger partial charge on any atom is 0.407 e. The van der Waals surface area contributed by atoms with Crippen LogP contribution in [0.5, 0.6) is 0 Å². The molecule has 1 amide bonds. The van der Waals surface area contributed by atoms with Crippen molar-refractivity contribution in [3.8, 4) is 0 Å². The molecule has 1 aliphatic carbocycles. The van der Waals surface area contributed by atoms with Gasteiger partial charge in [-0.2, -0.15) is 0 Å². The highest BCUT2D eigenvalue weighted by molar-refractivity contribution is 6.99. The number of ether oxygens (including phenoxy) is 1. The van der Waals surface area contributed by atoms with Crippen molar-refractivity contribution in [1.82, 2.24) is 5.32 Å². The van der Waals surface area contributed by atoms with Gasteiger partial charge in [-0.25, -0.2) is 4.79 Å². The van der Waals surface area contributed by atoms with Gasteiger partial charge in [0.05, 0.1) is 6.10 Å². The summed E-state index contributed by atoms with van der Waals surface area (Å²) >= 11 is 0. The standard InChI is InChI=1S/C27H39NO4Si/c1-26(2,3)32-25(30)28-21-17-20(24(29)18-21)19-31-33(27(4,5)6,22-13-9-7-10-14-22)23-15-11-8-12-16-23/h7-16,20-21,24,29H,17-19H2,1-6H3,(H,28,30)/t20-,21+,24+/m1/s1. The van der Waals surface area contributed by atoms with Crippen molar-refractivity contribution in [2.45, 2.75) is 77.2 Å². The lowest BCUT2D eigenvalue weighted by Gasteiger charge is -2.43. The maximum atomic E-state index is 12.2. The quantitative estimate of drug-likeness (QED) is 0.622. The van der Waals surface area contributed by atoms with E-state index in [-0.39, 0.29) is 17.0 Å². The van der Waals surface area contributed by atoms with E-state index in [1.807, 2.05) is 32.9 Å². The molecule has 0 saturated heterocycles. The fourth-order valence-electron chi connectivity index (χ4n) is 4.87. The van der Waals surface area contributed by atoms with Crippen molar-refractivity contribution in [2.24, 2.45) is 5.92 Å². The lowest BCUT2D eigenvalue weighted by Crippen LogP contribution is -2.67. The SMILES string of the molecule is CC(C)(C)OC(=O)N[C@H]1C[C@H](CO[Si](c2ccccc2)(c2ccccc2)C(C)(C)C)[C@@H](O)C1.